The smallest absolute Gasteiger partial charge is 0.325 e. The van der Waals surface area contributed by atoms with Gasteiger partial charge in [0.05, 0.1) is 13.2 Å². The summed E-state index contributed by atoms with van der Waals surface area (Å²) < 4.78 is 7.46. The van der Waals surface area contributed by atoms with Gasteiger partial charge in [-0.05, 0) is 57.0 Å². The van der Waals surface area contributed by atoms with Gasteiger partial charge < -0.3 is 14.6 Å². The Morgan fingerprint density at radius 3 is 2.38 bits per heavy atom. The maximum atomic E-state index is 12.9. The van der Waals surface area contributed by atoms with E-state index in [0.717, 1.165) is 27.7 Å². The summed E-state index contributed by atoms with van der Waals surface area (Å²) >= 11 is 0. The molecule has 1 aliphatic heterocycles. The van der Waals surface area contributed by atoms with Crippen molar-refractivity contribution in [2.75, 3.05) is 13.2 Å². The minimum atomic E-state index is -0.577. The number of aryl methyl sites for hydroxylation is 1. The van der Waals surface area contributed by atoms with Gasteiger partial charge in [0.25, 0.3) is 5.91 Å². The number of hydrogen-bond donors (Lipinski definition) is 1. The van der Waals surface area contributed by atoms with Gasteiger partial charge in [-0.1, -0.05) is 13.8 Å². The van der Waals surface area contributed by atoms with Crippen molar-refractivity contribution in [3.05, 3.63) is 47.3 Å². The first kappa shape index (κ1) is 20.6. The predicted molar refractivity (Wildman–Crippen MR) is 110 cm³/mol. The summed E-state index contributed by atoms with van der Waals surface area (Å²) in [6.45, 7) is 9.77. The topological polar surface area (TPSA) is 80.6 Å². The molecule has 1 atom stereocenters. The number of ether oxygens (including phenoxy) is 1. The van der Waals surface area contributed by atoms with Crippen LogP contribution in [0.5, 0.6) is 5.75 Å². The van der Waals surface area contributed by atoms with Gasteiger partial charge in [-0.2, -0.15) is 0 Å². The van der Waals surface area contributed by atoms with Gasteiger partial charge >= 0.3 is 6.03 Å². The van der Waals surface area contributed by atoms with Crippen molar-refractivity contribution in [1.82, 2.24) is 14.8 Å². The van der Waals surface area contributed by atoms with E-state index < -0.39 is 12.1 Å². The number of nitrogens with zero attached hydrogens (tertiary/aromatic N) is 2. The Bertz CT molecular complexity index is 944. The molecule has 1 aromatic heterocycles. The molecule has 1 fully saturated rings. The van der Waals surface area contributed by atoms with E-state index in [1.807, 2.05) is 63.5 Å². The molecule has 0 aliphatic carbocycles. The average Bonchev–Trinajstić information content (AvgIpc) is 3.13. The molecule has 0 spiro atoms. The van der Waals surface area contributed by atoms with Crippen molar-refractivity contribution in [3.8, 4) is 11.4 Å². The van der Waals surface area contributed by atoms with Crippen LogP contribution in [0.4, 0.5) is 4.79 Å². The Hall–Kier alpha value is -3.09. The second kappa shape index (κ2) is 8.11. The summed E-state index contributed by atoms with van der Waals surface area (Å²) in [5, 5.41) is 2.65. The number of rotatable bonds is 7. The van der Waals surface area contributed by atoms with Gasteiger partial charge in [0, 0.05) is 22.6 Å². The Labute approximate surface area is 170 Å². The number of aromatic nitrogens is 1. The fraction of sp³-hybridized carbons (Fsp3) is 0.409. The third-order valence-corrected chi connectivity index (χ3v) is 5.16. The molecular weight excluding hydrogens is 370 g/mol. The van der Waals surface area contributed by atoms with Crippen LogP contribution in [0.3, 0.4) is 0 Å². The molecule has 7 nitrogen and oxygen atoms in total. The molecule has 29 heavy (non-hydrogen) atoms. The number of hydrogen-bond acceptors (Lipinski definition) is 4. The van der Waals surface area contributed by atoms with Gasteiger partial charge in [0.1, 0.15) is 11.8 Å². The van der Waals surface area contributed by atoms with Crippen LogP contribution in [0.25, 0.3) is 5.69 Å². The van der Waals surface area contributed by atoms with Gasteiger partial charge in [-0.25, -0.2) is 4.79 Å². The fourth-order valence-electron chi connectivity index (χ4n) is 3.67. The number of benzene rings is 1. The minimum absolute atomic E-state index is 0.0312. The second-order valence-electron chi connectivity index (χ2n) is 7.57. The highest BCUT2D eigenvalue weighted by Gasteiger charge is 2.40. The van der Waals surface area contributed by atoms with E-state index in [0.29, 0.717) is 12.2 Å². The van der Waals surface area contributed by atoms with Crippen LogP contribution in [0.15, 0.2) is 30.3 Å². The highest BCUT2D eigenvalue weighted by molar-refractivity contribution is 6.09. The van der Waals surface area contributed by atoms with Gasteiger partial charge in [0.2, 0.25) is 0 Å². The lowest BCUT2D eigenvalue weighted by Gasteiger charge is -2.14. The Morgan fingerprint density at radius 2 is 1.83 bits per heavy atom. The summed E-state index contributed by atoms with van der Waals surface area (Å²) in [5.41, 5.74) is 3.08. The lowest BCUT2D eigenvalue weighted by Crippen LogP contribution is -2.37. The van der Waals surface area contributed by atoms with E-state index >= 15 is 0 Å². The number of amides is 3. The lowest BCUT2D eigenvalue weighted by molar-refractivity contribution is -0.128. The summed E-state index contributed by atoms with van der Waals surface area (Å²) in [6, 6.07) is 8.35. The SMILES string of the molecule is CCOc1ccc(-n2c(C)cc(C(=O)CN3C(=O)NC(C(C)C)C3=O)c2C)cc1. The third-order valence-electron chi connectivity index (χ3n) is 5.16. The summed E-state index contributed by atoms with van der Waals surface area (Å²) in [6.07, 6.45) is 0. The third kappa shape index (κ3) is 3.90. The zero-order valence-electron chi connectivity index (χ0n) is 17.5. The van der Waals surface area contributed by atoms with Crippen molar-refractivity contribution in [1.29, 1.82) is 0 Å². The molecule has 7 heteroatoms. The molecule has 1 aromatic carbocycles. The standard InChI is InChI=1S/C22H27N3O4/c1-6-29-17-9-7-16(8-10-17)25-14(4)11-18(15(25)5)19(26)12-24-21(27)20(13(2)3)23-22(24)28/h7-11,13,20H,6,12H2,1-5H3,(H,23,28). The maximum Gasteiger partial charge on any atom is 0.325 e. The predicted octanol–water partition coefficient (Wildman–Crippen LogP) is 3.25. The fourth-order valence-corrected chi connectivity index (χ4v) is 3.67. The first-order valence-electron chi connectivity index (χ1n) is 9.81. The van der Waals surface area contributed by atoms with E-state index in [9.17, 15) is 14.4 Å². The Balaban J connectivity index is 1.83. The summed E-state index contributed by atoms with van der Waals surface area (Å²) in [4.78, 5) is 38.5. The highest BCUT2D eigenvalue weighted by atomic mass is 16.5. The monoisotopic (exact) mass is 397 g/mol. The molecule has 2 heterocycles. The molecule has 0 saturated carbocycles. The van der Waals surface area contributed by atoms with Crippen LogP contribution >= 0.6 is 0 Å². The first-order valence-corrected chi connectivity index (χ1v) is 9.81. The van der Waals surface area contributed by atoms with E-state index in [4.69, 9.17) is 4.74 Å². The molecule has 3 amide bonds. The van der Waals surface area contributed by atoms with E-state index in [-0.39, 0.29) is 24.2 Å². The maximum absolute atomic E-state index is 12.9. The zero-order valence-corrected chi connectivity index (χ0v) is 17.5. The van der Waals surface area contributed by atoms with Gasteiger partial charge in [0.15, 0.2) is 5.78 Å². The highest BCUT2D eigenvalue weighted by Crippen LogP contribution is 2.24. The largest absolute Gasteiger partial charge is 0.494 e. The van der Waals surface area contributed by atoms with Crippen LogP contribution in [-0.4, -0.2) is 46.4 Å². The zero-order chi connectivity index (χ0) is 21.3. The Kier molecular flexibility index (Phi) is 5.77. The van der Waals surface area contributed by atoms with Gasteiger partial charge in [-0.3, -0.25) is 14.5 Å². The van der Waals surface area contributed by atoms with Crippen LogP contribution in [0.2, 0.25) is 0 Å². The molecular formula is C22H27N3O4. The van der Waals surface area contributed by atoms with Crippen molar-refractivity contribution < 1.29 is 19.1 Å². The number of urea groups is 1. The normalized spacial score (nSPS) is 16.5. The minimum Gasteiger partial charge on any atom is -0.494 e. The number of ketones is 1. The number of carbonyl (C=O) groups is 3. The molecule has 1 unspecified atom stereocenters. The molecule has 3 rings (SSSR count). The molecule has 1 aliphatic rings. The van der Waals surface area contributed by atoms with E-state index in [1.54, 1.807) is 6.07 Å². The molecule has 0 radical (unpaired) electrons. The molecule has 1 N–H and O–H groups in total. The summed E-state index contributed by atoms with van der Waals surface area (Å²) in [5.74, 6) is 0.145. The first-order chi connectivity index (χ1) is 13.7. The lowest BCUT2D eigenvalue weighted by atomic mass is 10.0. The van der Waals surface area contributed by atoms with E-state index in [1.165, 1.54) is 0 Å². The number of carbonyl (C=O) groups excluding carboxylic acids is 3. The average molecular weight is 397 g/mol. The number of imide groups is 1. The summed E-state index contributed by atoms with van der Waals surface area (Å²) in [7, 11) is 0. The van der Waals surface area contributed by atoms with Crippen LogP contribution in [0, 0.1) is 19.8 Å². The van der Waals surface area contributed by atoms with E-state index in [2.05, 4.69) is 5.32 Å². The molecule has 0 bridgehead atoms. The second-order valence-corrected chi connectivity index (χ2v) is 7.57. The number of nitrogens with one attached hydrogen (secondary N) is 1. The van der Waals surface area contributed by atoms with Crippen LogP contribution in [-0.2, 0) is 4.79 Å². The quantitative estimate of drug-likeness (QED) is 0.574. The molecule has 1 saturated heterocycles. The molecule has 2 aromatic rings. The van der Waals surface area contributed by atoms with Crippen molar-refractivity contribution >= 4 is 17.7 Å². The van der Waals surface area contributed by atoms with Crippen molar-refractivity contribution in [3.63, 3.8) is 0 Å². The van der Waals surface area contributed by atoms with Crippen LogP contribution in [0.1, 0.15) is 42.5 Å². The van der Waals surface area contributed by atoms with Crippen molar-refractivity contribution in [2.45, 2.75) is 40.7 Å². The van der Waals surface area contributed by atoms with Gasteiger partial charge in [-0.15, -0.1) is 0 Å². The van der Waals surface area contributed by atoms with Crippen LogP contribution < -0.4 is 10.1 Å². The number of Topliss-reactive ketones (excluding diaryl/α,β-unsaturated/α-hetero) is 1. The molecule has 154 valence electrons. The van der Waals surface area contributed by atoms with Crippen molar-refractivity contribution in [2.24, 2.45) is 5.92 Å². The Morgan fingerprint density at radius 1 is 1.17 bits per heavy atom.